The van der Waals surface area contributed by atoms with Crippen molar-refractivity contribution in [2.45, 2.75) is 70.9 Å². The van der Waals surface area contributed by atoms with Gasteiger partial charge in [0.25, 0.3) is 0 Å². The van der Waals surface area contributed by atoms with Gasteiger partial charge in [-0.3, -0.25) is 20.0 Å². The average molecular weight is 529 g/mol. The molecule has 0 bridgehead atoms. The van der Waals surface area contributed by atoms with Crippen molar-refractivity contribution < 1.29 is 0 Å². The van der Waals surface area contributed by atoms with Crippen molar-refractivity contribution in [3.63, 3.8) is 0 Å². The Morgan fingerprint density at radius 3 is 2.48 bits per heavy atom. The highest BCUT2D eigenvalue weighted by atomic mass is 15.2. The topological polar surface area (TPSA) is 70.6 Å². The summed E-state index contributed by atoms with van der Waals surface area (Å²) in [6, 6.07) is 18.0. The van der Waals surface area contributed by atoms with E-state index in [0.29, 0.717) is 11.6 Å². The summed E-state index contributed by atoms with van der Waals surface area (Å²) < 4.78 is 0. The van der Waals surface area contributed by atoms with Gasteiger partial charge in [-0.05, 0) is 112 Å². The first-order chi connectivity index (χ1) is 19.5. The number of fused-ring (bicyclic) bond motifs is 2. The molecule has 1 fully saturated rings. The number of aryl methyl sites for hydroxylation is 3. The Hall–Kier alpha value is -3.90. The van der Waals surface area contributed by atoms with Gasteiger partial charge in [-0.25, -0.2) is 4.98 Å². The van der Waals surface area contributed by atoms with Crippen LogP contribution in [-0.2, 0) is 12.8 Å². The van der Waals surface area contributed by atoms with Gasteiger partial charge >= 0.3 is 0 Å². The quantitative estimate of drug-likeness (QED) is 0.250. The fourth-order valence-corrected chi connectivity index (χ4v) is 6.96. The molecule has 0 unspecified atom stereocenters. The van der Waals surface area contributed by atoms with Gasteiger partial charge in [-0.15, -0.1) is 0 Å². The molecule has 4 aromatic heterocycles. The summed E-state index contributed by atoms with van der Waals surface area (Å²) in [5.74, 6) is 0. The molecular formula is C34H36N6. The van der Waals surface area contributed by atoms with E-state index in [4.69, 9.17) is 9.97 Å². The van der Waals surface area contributed by atoms with E-state index in [-0.39, 0.29) is 0 Å². The van der Waals surface area contributed by atoms with Crippen molar-refractivity contribution >= 4 is 11.0 Å². The second kappa shape index (κ2) is 9.93. The standard InChI is InChI=1S/C34H36N6/c1-22-6-4-16-35-31(22)27-10-11-30(36-20-27)32-29-19-28(21-37-33(29)39-38-32)25-9-8-24-12-14-34(3,15-13-26(24)18-25)40-17-5-7-23(40)2/h4,6,8-11,16,18-21,23H,5,7,12-15,17H2,1-3H3,(H,37,38,39)/t23-,34+/m1/s1. The molecule has 202 valence electrons. The number of nitrogens with zero attached hydrogens (tertiary/aromatic N) is 5. The summed E-state index contributed by atoms with van der Waals surface area (Å²) in [7, 11) is 0. The summed E-state index contributed by atoms with van der Waals surface area (Å²) in [5, 5.41) is 8.68. The van der Waals surface area contributed by atoms with Gasteiger partial charge in [0.15, 0.2) is 5.65 Å². The molecule has 1 aromatic carbocycles. The lowest BCUT2D eigenvalue weighted by Crippen LogP contribution is -2.48. The molecule has 0 amide bonds. The zero-order chi connectivity index (χ0) is 27.3. The van der Waals surface area contributed by atoms with Crippen LogP contribution in [0.1, 0.15) is 56.2 Å². The average Bonchev–Trinajstić information content (AvgIpc) is 3.57. The monoisotopic (exact) mass is 528 g/mol. The lowest BCUT2D eigenvalue weighted by atomic mass is 9.89. The number of pyridine rings is 3. The number of aromatic amines is 1. The first-order valence-electron chi connectivity index (χ1n) is 14.6. The fraction of sp³-hybridized carbons (Fsp3) is 0.353. The summed E-state index contributed by atoms with van der Waals surface area (Å²) in [6.45, 7) is 8.23. The maximum atomic E-state index is 4.76. The van der Waals surface area contributed by atoms with Crippen LogP contribution in [0.4, 0.5) is 0 Å². The Bertz CT molecular complexity index is 1690. The highest BCUT2D eigenvalue weighted by molar-refractivity contribution is 5.92. The summed E-state index contributed by atoms with van der Waals surface area (Å²) in [6.07, 6.45) is 13.1. The zero-order valence-corrected chi connectivity index (χ0v) is 23.6. The van der Waals surface area contributed by atoms with Gasteiger partial charge in [0.1, 0.15) is 5.69 Å². The minimum Gasteiger partial charge on any atom is -0.295 e. The zero-order valence-electron chi connectivity index (χ0n) is 23.6. The Balaban J connectivity index is 1.17. The van der Waals surface area contributed by atoms with Crippen LogP contribution in [0.3, 0.4) is 0 Å². The number of benzene rings is 1. The number of H-pyrrole nitrogens is 1. The van der Waals surface area contributed by atoms with Crippen LogP contribution in [0.25, 0.3) is 44.8 Å². The molecule has 0 saturated carbocycles. The SMILES string of the molecule is Cc1cccnc1-c1ccc(-c2n[nH]c3ncc(-c4ccc5c(c4)CC[C@@](C)(N4CCC[C@H]4C)CC5)cc23)nc1. The molecule has 7 rings (SSSR count). The van der Waals surface area contributed by atoms with E-state index in [1.54, 1.807) is 0 Å². The summed E-state index contributed by atoms with van der Waals surface area (Å²) in [4.78, 5) is 16.8. The van der Waals surface area contributed by atoms with E-state index >= 15 is 0 Å². The van der Waals surface area contributed by atoms with E-state index in [0.717, 1.165) is 57.6 Å². The molecule has 1 aliphatic carbocycles. The predicted octanol–water partition coefficient (Wildman–Crippen LogP) is 7.18. The van der Waals surface area contributed by atoms with Crippen molar-refractivity contribution in [1.29, 1.82) is 0 Å². The number of aromatic nitrogens is 5. The Morgan fingerprint density at radius 1 is 0.875 bits per heavy atom. The molecule has 1 N–H and O–H groups in total. The number of nitrogens with one attached hydrogen (secondary N) is 1. The first kappa shape index (κ1) is 25.1. The van der Waals surface area contributed by atoms with Gasteiger partial charge in [-0.1, -0.05) is 24.3 Å². The molecule has 5 heterocycles. The van der Waals surface area contributed by atoms with Crippen LogP contribution >= 0.6 is 0 Å². The van der Waals surface area contributed by atoms with Crippen LogP contribution < -0.4 is 0 Å². The van der Waals surface area contributed by atoms with Crippen LogP contribution in [0.2, 0.25) is 0 Å². The molecule has 2 aliphatic rings. The van der Waals surface area contributed by atoms with Gasteiger partial charge < -0.3 is 0 Å². The molecule has 0 spiro atoms. The molecule has 6 heteroatoms. The van der Waals surface area contributed by atoms with Crippen molar-refractivity contribution in [1.82, 2.24) is 30.0 Å². The lowest BCUT2D eigenvalue weighted by molar-refractivity contribution is 0.0821. The third-order valence-electron chi connectivity index (χ3n) is 9.36. The summed E-state index contributed by atoms with van der Waals surface area (Å²) in [5.41, 5.74) is 11.1. The van der Waals surface area contributed by atoms with Gasteiger partial charge in [0.2, 0.25) is 0 Å². The third kappa shape index (κ3) is 4.40. The van der Waals surface area contributed by atoms with E-state index < -0.39 is 0 Å². The van der Waals surface area contributed by atoms with Crippen LogP contribution in [0.15, 0.2) is 67.1 Å². The van der Waals surface area contributed by atoms with E-state index in [1.807, 2.05) is 30.7 Å². The van der Waals surface area contributed by atoms with Crippen LogP contribution in [0.5, 0.6) is 0 Å². The van der Waals surface area contributed by atoms with Crippen LogP contribution in [0, 0.1) is 6.92 Å². The van der Waals surface area contributed by atoms with Crippen molar-refractivity contribution in [3.8, 4) is 33.8 Å². The third-order valence-corrected chi connectivity index (χ3v) is 9.36. The maximum absolute atomic E-state index is 4.76. The first-order valence-corrected chi connectivity index (χ1v) is 14.6. The Kier molecular flexibility index (Phi) is 6.23. The molecule has 5 aromatic rings. The number of likely N-dealkylation sites (tertiary alicyclic amines) is 1. The van der Waals surface area contributed by atoms with Crippen molar-refractivity contribution in [2.24, 2.45) is 0 Å². The molecule has 0 radical (unpaired) electrons. The van der Waals surface area contributed by atoms with Gasteiger partial charge in [0.05, 0.1) is 11.4 Å². The normalized spacial score (nSPS) is 21.4. The second-order valence-corrected chi connectivity index (χ2v) is 12.0. The van der Waals surface area contributed by atoms with E-state index in [2.05, 4.69) is 77.3 Å². The number of hydrogen-bond acceptors (Lipinski definition) is 5. The fourth-order valence-electron chi connectivity index (χ4n) is 6.96. The maximum Gasteiger partial charge on any atom is 0.155 e. The van der Waals surface area contributed by atoms with Gasteiger partial charge in [0, 0.05) is 46.7 Å². The van der Waals surface area contributed by atoms with E-state index in [9.17, 15) is 0 Å². The predicted molar refractivity (Wildman–Crippen MR) is 161 cm³/mol. The highest BCUT2D eigenvalue weighted by Crippen LogP contribution is 2.38. The Labute approximate surface area is 235 Å². The molecule has 6 nitrogen and oxygen atoms in total. The molecule has 1 aliphatic heterocycles. The number of hydrogen-bond donors (Lipinski definition) is 1. The Morgan fingerprint density at radius 2 is 1.70 bits per heavy atom. The number of rotatable bonds is 4. The van der Waals surface area contributed by atoms with Crippen molar-refractivity contribution in [3.05, 3.63) is 83.8 Å². The van der Waals surface area contributed by atoms with Crippen molar-refractivity contribution in [2.75, 3.05) is 6.54 Å². The van der Waals surface area contributed by atoms with Crippen LogP contribution in [-0.4, -0.2) is 48.2 Å². The second-order valence-electron chi connectivity index (χ2n) is 12.0. The smallest absolute Gasteiger partial charge is 0.155 e. The molecular weight excluding hydrogens is 492 g/mol. The molecule has 1 saturated heterocycles. The van der Waals surface area contributed by atoms with Gasteiger partial charge in [-0.2, -0.15) is 5.10 Å². The van der Waals surface area contributed by atoms with E-state index in [1.165, 1.54) is 48.9 Å². The summed E-state index contributed by atoms with van der Waals surface area (Å²) >= 11 is 0. The minimum atomic E-state index is 0.291. The minimum absolute atomic E-state index is 0.291. The lowest BCUT2D eigenvalue weighted by Gasteiger charge is -2.41. The molecule has 2 atom stereocenters. The largest absolute Gasteiger partial charge is 0.295 e. The highest BCUT2D eigenvalue weighted by Gasteiger charge is 2.38. The molecule has 40 heavy (non-hydrogen) atoms.